The van der Waals surface area contributed by atoms with Gasteiger partial charge in [0.05, 0.1) is 6.54 Å². The second kappa shape index (κ2) is 7.25. The first-order valence-electron chi connectivity index (χ1n) is 6.73. The lowest BCUT2D eigenvalue weighted by molar-refractivity contribution is 0.256. The summed E-state index contributed by atoms with van der Waals surface area (Å²) in [6.45, 7) is 3.52. The topological polar surface area (TPSA) is 29.3 Å². The average molecular weight is 284 g/mol. The Balaban J connectivity index is 2.13. The van der Waals surface area contributed by atoms with Crippen molar-refractivity contribution in [2.24, 2.45) is 5.73 Å². The molecule has 0 radical (unpaired) electrons. The van der Waals surface area contributed by atoms with Crippen LogP contribution >= 0.6 is 11.3 Å². The standard InChI is InChI=1S/C17H20N2S/c1-14(17-10-6-12-20-17)19(2)13-16-8-4-3-7-15(16)9-5-11-18/h3-4,6-8,10,12,14H,11,13,18H2,1-2H3. The van der Waals surface area contributed by atoms with Gasteiger partial charge in [-0.05, 0) is 37.0 Å². The summed E-state index contributed by atoms with van der Waals surface area (Å²) in [6.07, 6.45) is 0. The Morgan fingerprint density at radius 3 is 2.75 bits per heavy atom. The van der Waals surface area contributed by atoms with Crippen LogP contribution in [0.25, 0.3) is 0 Å². The fourth-order valence-electron chi connectivity index (χ4n) is 2.08. The first-order chi connectivity index (χ1) is 9.72. The molecule has 3 heteroatoms. The Hall–Kier alpha value is -1.60. The summed E-state index contributed by atoms with van der Waals surface area (Å²) in [5, 5.41) is 2.13. The molecular weight excluding hydrogens is 264 g/mol. The molecule has 2 rings (SSSR count). The molecule has 2 aromatic rings. The van der Waals surface area contributed by atoms with Crippen molar-refractivity contribution in [1.29, 1.82) is 0 Å². The van der Waals surface area contributed by atoms with E-state index in [1.165, 1.54) is 10.4 Å². The molecule has 0 saturated heterocycles. The van der Waals surface area contributed by atoms with Crippen molar-refractivity contribution >= 4 is 11.3 Å². The molecule has 1 atom stereocenters. The van der Waals surface area contributed by atoms with Gasteiger partial charge in [-0.25, -0.2) is 0 Å². The van der Waals surface area contributed by atoms with Crippen molar-refractivity contribution in [2.75, 3.05) is 13.6 Å². The van der Waals surface area contributed by atoms with E-state index in [1.807, 2.05) is 6.07 Å². The SMILES string of the molecule is CC(c1cccs1)N(C)Cc1ccccc1C#CCN. The van der Waals surface area contributed by atoms with Crippen molar-refractivity contribution in [3.8, 4) is 11.8 Å². The summed E-state index contributed by atoms with van der Waals surface area (Å²) in [5.74, 6) is 6.09. The maximum atomic E-state index is 5.46. The molecule has 1 aromatic carbocycles. The average Bonchev–Trinajstić information content (AvgIpc) is 2.99. The van der Waals surface area contributed by atoms with Crippen LogP contribution in [0.5, 0.6) is 0 Å². The van der Waals surface area contributed by atoms with E-state index in [1.54, 1.807) is 11.3 Å². The summed E-state index contributed by atoms with van der Waals surface area (Å²) in [7, 11) is 2.15. The highest BCUT2D eigenvalue weighted by atomic mass is 32.1. The van der Waals surface area contributed by atoms with Crippen molar-refractivity contribution in [3.05, 3.63) is 57.8 Å². The number of thiophene rings is 1. The lowest BCUT2D eigenvalue weighted by atomic mass is 10.1. The largest absolute Gasteiger partial charge is 0.320 e. The lowest BCUT2D eigenvalue weighted by Gasteiger charge is -2.24. The van der Waals surface area contributed by atoms with Crippen LogP contribution < -0.4 is 5.73 Å². The molecule has 1 aromatic heterocycles. The van der Waals surface area contributed by atoms with Gasteiger partial charge in [0.25, 0.3) is 0 Å². The third kappa shape index (κ3) is 3.71. The van der Waals surface area contributed by atoms with Crippen molar-refractivity contribution in [2.45, 2.75) is 19.5 Å². The molecule has 104 valence electrons. The number of benzene rings is 1. The number of nitrogens with zero attached hydrogens (tertiary/aromatic N) is 1. The van der Waals surface area contributed by atoms with Crippen LogP contribution in [0.3, 0.4) is 0 Å². The highest BCUT2D eigenvalue weighted by Crippen LogP contribution is 2.25. The fraction of sp³-hybridized carbons (Fsp3) is 0.294. The van der Waals surface area contributed by atoms with E-state index in [9.17, 15) is 0 Å². The van der Waals surface area contributed by atoms with Gasteiger partial charge in [-0.1, -0.05) is 36.1 Å². The van der Waals surface area contributed by atoms with E-state index in [0.717, 1.165) is 12.1 Å². The maximum absolute atomic E-state index is 5.46. The zero-order valence-electron chi connectivity index (χ0n) is 12.0. The fourth-order valence-corrected chi connectivity index (χ4v) is 2.93. The predicted octanol–water partition coefficient (Wildman–Crippen LogP) is 3.25. The van der Waals surface area contributed by atoms with Crippen LogP contribution in [-0.2, 0) is 6.54 Å². The van der Waals surface area contributed by atoms with Crippen LogP contribution in [0, 0.1) is 11.8 Å². The quantitative estimate of drug-likeness (QED) is 0.873. The Morgan fingerprint density at radius 2 is 2.05 bits per heavy atom. The molecule has 0 aliphatic heterocycles. The van der Waals surface area contributed by atoms with E-state index in [0.29, 0.717) is 12.6 Å². The van der Waals surface area contributed by atoms with Crippen molar-refractivity contribution in [3.63, 3.8) is 0 Å². The summed E-state index contributed by atoms with van der Waals surface area (Å²) in [5.41, 5.74) is 7.78. The summed E-state index contributed by atoms with van der Waals surface area (Å²) < 4.78 is 0. The van der Waals surface area contributed by atoms with Gasteiger partial charge in [0.15, 0.2) is 0 Å². The number of hydrogen-bond donors (Lipinski definition) is 1. The smallest absolute Gasteiger partial charge is 0.0555 e. The molecule has 0 saturated carbocycles. The second-order valence-electron chi connectivity index (χ2n) is 4.77. The van der Waals surface area contributed by atoms with E-state index in [-0.39, 0.29) is 0 Å². The first kappa shape index (κ1) is 14.8. The highest BCUT2D eigenvalue weighted by Gasteiger charge is 2.13. The van der Waals surface area contributed by atoms with Gasteiger partial charge in [-0.3, -0.25) is 4.90 Å². The zero-order valence-corrected chi connectivity index (χ0v) is 12.8. The van der Waals surface area contributed by atoms with Crippen molar-refractivity contribution < 1.29 is 0 Å². The van der Waals surface area contributed by atoms with Gasteiger partial charge in [-0.15, -0.1) is 11.3 Å². The second-order valence-corrected chi connectivity index (χ2v) is 5.75. The van der Waals surface area contributed by atoms with E-state index >= 15 is 0 Å². The number of hydrogen-bond acceptors (Lipinski definition) is 3. The Morgan fingerprint density at radius 1 is 1.25 bits per heavy atom. The highest BCUT2D eigenvalue weighted by molar-refractivity contribution is 7.10. The van der Waals surface area contributed by atoms with Crippen LogP contribution in [0.4, 0.5) is 0 Å². The van der Waals surface area contributed by atoms with Gasteiger partial charge in [0.1, 0.15) is 0 Å². The molecular formula is C17H20N2S. The molecule has 1 heterocycles. The Kier molecular flexibility index (Phi) is 5.37. The van der Waals surface area contributed by atoms with Gasteiger partial charge < -0.3 is 5.73 Å². The van der Waals surface area contributed by atoms with Crippen LogP contribution in [0.2, 0.25) is 0 Å². The van der Waals surface area contributed by atoms with Gasteiger partial charge in [-0.2, -0.15) is 0 Å². The van der Waals surface area contributed by atoms with E-state index < -0.39 is 0 Å². The van der Waals surface area contributed by atoms with Crippen LogP contribution in [0.15, 0.2) is 41.8 Å². The molecule has 0 amide bonds. The van der Waals surface area contributed by atoms with Crippen LogP contribution in [0.1, 0.15) is 29.0 Å². The normalized spacial score (nSPS) is 12.0. The number of nitrogens with two attached hydrogens (primary N) is 1. The third-order valence-corrected chi connectivity index (χ3v) is 4.42. The maximum Gasteiger partial charge on any atom is 0.0555 e. The lowest BCUT2D eigenvalue weighted by Crippen LogP contribution is -2.21. The Labute approximate surface area is 125 Å². The molecule has 1 unspecified atom stereocenters. The number of rotatable bonds is 4. The van der Waals surface area contributed by atoms with Crippen molar-refractivity contribution in [1.82, 2.24) is 4.90 Å². The minimum Gasteiger partial charge on any atom is -0.320 e. The van der Waals surface area contributed by atoms with Gasteiger partial charge in [0, 0.05) is 23.0 Å². The summed E-state index contributed by atoms with van der Waals surface area (Å²) >= 11 is 1.80. The van der Waals surface area contributed by atoms with Gasteiger partial charge >= 0.3 is 0 Å². The molecule has 2 nitrogen and oxygen atoms in total. The molecule has 20 heavy (non-hydrogen) atoms. The minimum atomic E-state index is 0.399. The first-order valence-corrected chi connectivity index (χ1v) is 7.61. The van der Waals surface area contributed by atoms with Gasteiger partial charge in [0.2, 0.25) is 0 Å². The predicted molar refractivity (Wildman–Crippen MR) is 86.6 cm³/mol. The zero-order chi connectivity index (χ0) is 14.4. The summed E-state index contributed by atoms with van der Waals surface area (Å²) in [4.78, 5) is 3.73. The van der Waals surface area contributed by atoms with E-state index in [2.05, 4.69) is 66.4 Å². The monoisotopic (exact) mass is 284 g/mol. The molecule has 0 aliphatic carbocycles. The molecule has 0 aliphatic rings. The molecule has 0 spiro atoms. The van der Waals surface area contributed by atoms with E-state index in [4.69, 9.17) is 5.73 Å². The minimum absolute atomic E-state index is 0.399. The third-order valence-electron chi connectivity index (χ3n) is 3.38. The molecule has 0 fully saturated rings. The molecule has 0 bridgehead atoms. The Bertz CT molecular complexity index is 593. The molecule has 2 N–H and O–H groups in total. The van der Waals surface area contributed by atoms with Crippen LogP contribution in [-0.4, -0.2) is 18.5 Å². The summed E-state index contributed by atoms with van der Waals surface area (Å²) in [6, 6.07) is 13.0.